The number of methoxy groups -OCH3 is 1. The van der Waals surface area contributed by atoms with Crippen LogP contribution in [0, 0.1) is 0 Å². The minimum atomic E-state index is -0.121. The highest BCUT2D eigenvalue weighted by Crippen LogP contribution is 2.32. The number of rotatable bonds is 8. The molecule has 2 N–H and O–H groups in total. The zero-order valence-electron chi connectivity index (χ0n) is 20.0. The molecule has 184 valence electrons. The van der Waals surface area contributed by atoms with Crippen LogP contribution in [-0.4, -0.2) is 54.6 Å². The molecule has 0 aliphatic heterocycles. The molecule has 0 bridgehead atoms. The van der Waals surface area contributed by atoms with Gasteiger partial charge in [-0.25, -0.2) is 14.6 Å². The Kier molecular flexibility index (Phi) is 6.38. The fraction of sp³-hybridized carbons (Fsp3) is 0.250. The molecule has 12 heteroatoms. The fourth-order valence-corrected chi connectivity index (χ4v) is 4.31. The molecule has 0 spiro atoms. The second-order valence-corrected chi connectivity index (χ2v) is 8.47. The van der Waals surface area contributed by atoms with Gasteiger partial charge in [0.25, 0.3) is 0 Å². The zero-order chi connectivity index (χ0) is 25.2. The van der Waals surface area contributed by atoms with Crippen molar-refractivity contribution in [3.8, 4) is 11.6 Å². The van der Waals surface area contributed by atoms with E-state index in [4.69, 9.17) is 16.3 Å². The molecule has 1 aromatic carbocycles. The van der Waals surface area contributed by atoms with Gasteiger partial charge in [-0.3, -0.25) is 9.36 Å². The zero-order valence-corrected chi connectivity index (χ0v) is 20.7. The smallest absolute Gasteiger partial charge is 0.225 e. The number of aryl methyl sites for hydroxylation is 1. The summed E-state index contributed by atoms with van der Waals surface area (Å²) in [7, 11) is 3.18. The van der Waals surface area contributed by atoms with Crippen LogP contribution in [0.4, 0.5) is 5.82 Å². The molecule has 5 rings (SSSR count). The number of aromatic nitrogens is 7. The quantitative estimate of drug-likeness (QED) is 0.329. The highest BCUT2D eigenvalue weighted by atomic mass is 35.5. The summed E-state index contributed by atoms with van der Waals surface area (Å²) in [6.45, 7) is 3.17. The number of fused-ring (bicyclic) bond motifs is 3. The second kappa shape index (κ2) is 9.78. The summed E-state index contributed by atoms with van der Waals surface area (Å²) in [4.78, 5) is 20.8. The molecule has 0 fully saturated rings. The highest BCUT2D eigenvalue weighted by molar-refractivity contribution is 6.32. The number of imidazole rings is 1. The van der Waals surface area contributed by atoms with Crippen LogP contribution in [0.5, 0.6) is 5.75 Å². The molecule has 4 heterocycles. The molecule has 0 saturated carbocycles. The van der Waals surface area contributed by atoms with Gasteiger partial charge < -0.3 is 15.4 Å². The molecule has 11 nitrogen and oxygen atoms in total. The number of hydrogen-bond acceptors (Lipinski definition) is 8. The Morgan fingerprint density at radius 3 is 2.78 bits per heavy atom. The average molecular weight is 506 g/mol. The summed E-state index contributed by atoms with van der Waals surface area (Å²) in [5.41, 5.74) is 2.34. The van der Waals surface area contributed by atoms with E-state index in [-0.39, 0.29) is 12.3 Å². The highest BCUT2D eigenvalue weighted by Gasteiger charge is 2.18. The fourth-order valence-electron chi connectivity index (χ4n) is 4.03. The third-order valence-electron chi connectivity index (χ3n) is 5.87. The molecule has 5 aromatic rings. The molecule has 0 atom stereocenters. The van der Waals surface area contributed by atoms with Crippen molar-refractivity contribution in [2.45, 2.75) is 26.4 Å². The lowest BCUT2D eigenvalue weighted by Gasteiger charge is -2.13. The van der Waals surface area contributed by atoms with Crippen LogP contribution >= 0.6 is 11.6 Å². The number of ether oxygens (including phenoxy) is 1. The number of nitrogens with zero attached hydrogens (tertiary/aromatic N) is 7. The molecule has 0 unspecified atom stereocenters. The molecule has 0 aliphatic rings. The number of pyridine rings is 1. The van der Waals surface area contributed by atoms with Gasteiger partial charge in [-0.15, -0.1) is 10.2 Å². The van der Waals surface area contributed by atoms with E-state index < -0.39 is 0 Å². The van der Waals surface area contributed by atoms with E-state index in [1.807, 2.05) is 29.8 Å². The van der Waals surface area contributed by atoms with E-state index >= 15 is 0 Å². The first-order valence-electron chi connectivity index (χ1n) is 11.3. The van der Waals surface area contributed by atoms with Crippen LogP contribution in [0.25, 0.3) is 27.6 Å². The number of carbonyl (C=O) groups excluding carboxylic acids is 1. The van der Waals surface area contributed by atoms with E-state index in [0.29, 0.717) is 41.2 Å². The lowest BCUT2D eigenvalue weighted by Crippen LogP contribution is -2.20. The minimum Gasteiger partial charge on any atom is -0.495 e. The van der Waals surface area contributed by atoms with Crippen molar-refractivity contribution in [3.05, 3.63) is 59.4 Å². The summed E-state index contributed by atoms with van der Waals surface area (Å²) >= 11 is 6.30. The van der Waals surface area contributed by atoms with Crippen molar-refractivity contribution in [1.82, 2.24) is 39.8 Å². The normalized spacial score (nSPS) is 11.2. The lowest BCUT2D eigenvalue weighted by molar-refractivity contribution is -0.120. The predicted molar refractivity (Wildman–Crippen MR) is 137 cm³/mol. The molecule has 1 amide bonds. The third-order valence-corrected chi connectivity index (χ3v) is 6.16. The first-order valence-corrected chi connectivity index (χ1v) is 11.7. The van der Waals surface area contributed by atoms with Gasteiger partial charge in [0.2, 0.25) is 5.91 Å². The third kappa shape index (κ3) is 4.29. The maximum atomic E-state index is 11.8. The van der Waals surface area contributed by atoms with Crippen LogP contribution in [0.15, 0.2) is 43.1 Å². The minimum absolute atomic E-state index is 0.121. The van der Waals surface area contributed by atoms with Crippen LogP contribution in [0.1, 0.15) is 18.2 Å². The number of nitrogens with one attached hydrogen (secondary N) is 2. The van der Waals surface area contributed by atoms with E-state index in [1.165, 1.54) is 0 Å². The molecular weight excluding hydrogens is 482 g/mol. The molecule has 0 radical (unpaired) electrons. The maximum absolute atomic E-state index is 11.8. The van der Waals surface area contributed by atoms with Gasteiger partial charge in [-0.1, -0.05) is 17.7 Å². The Morgan fingerprint density at radius 2 is 2.03 bits per heavy atom. The van der Waals surface area contributed by atoms with Gasteiger partial charge in [-0.2, -0.15) is 5.10 Å². The van der Waals surface area contributed by atoms with Crippen molar-refractivity contribution in [1.29, 1.82) is 0 Å². The topological polar surface area (TPSA) is 125 Å². The van der Waals surface area contributed by atoms with Crippen LogP contribution in [-0.2, 0) is 24.3 Å². The number of halogens is 1. The Balaban J connectivity index is 1.58. The summed E-state index contributed by atoms with van der Waals surface area (Å²) in [6.07, 6.45) is 7.12. The largest absolute Gasteiger partial charge is 0.495 e. The Bertz CT molecular complexity index is 1580. The Labute approximate surface area is 211 Å². The van der Waals surface area contributed by atoms with Gasteiger partial charge in [0.15, 0.2) is 17.3 Å². The number of carbonyl (C=O) groups is 1. The van der Waals surface area contributed by atoms with Crippen LogP contribution < -0.4 is 15.4 Å². The summed E-state index contributed by atoms with van der Waals surface area (Å²) < 4.78 is 8.83. The standard InChI is InChI=1S/C24H24ClN9O2/c1-4-34-23-17(11-30-34)21-16(10-28-23)24(33-12-15(29-13-33)8-20(35)26-2)32-31-22(21)27-9-14-5-6-19(36-3)18(25)7-14/h5-7,10-13H,4,8-9H2,1-3H3,(H,26,35)(H,27,31). The van der Waals surface area contributed by atoms with Gasteiger partial charge in [-0.05, 0) is 24.6 Å². The van der Waals surface area contributed by atoms with Crippen molar-refractivity contribution >= 4 is 45.1 Å². The van der Waals surface area contributed by atoms with Crippen molar-refractivity contribution in [2.24, 2.45) is 0 Å². The number of amides is 1. The SMILES string of the molecule is CCn1ncc2c3c(NCc4ccc(OC)c(Cl)c4)nnc(-n4cnc(CC(=O)NC)c4)c3cnc21. The number of benzene rings is 1. The van der Waals surface area contributed by atoms with Crippen molar-refractivity contribution in [2.75, 3.05) is 19.5 Å². The lowest BCUT2D eigenvalue weighted by atomic mass is 10.1. The van der Waals surface area contributed by atoms with Crippen molar-refractivity contribution in [3.63, 3.8) is 0 Å². The predicted octanol–water partition coefficient (Wildman–Crippen LogP) is 3.14. The first kappa shape index (κ1) is 23.5. The van der Waals surface area contributed by atoms with Gasteiger partial charge in [0.1, 0.15) is 12.1 Å². The molecule has 0 saturated heterocycles. The molecule has 4 aromatic heterocycles. The summed E-state index contributed by atoms with van der Waals surface area (Å²) in [6, 6.07) is 5.62. The van der Waals surface area contributed by atoms with E-state index in [2.05, 4.69) is 35.9 Å². The van der Waals surface area contributed by atoms with Gasteiger partial charge >= 0.3 is 0 Å². The van der Waals surface area contributed by atoms with E-state index in [1.54, 1.807) is 43.6 Å². The monoisotopic (exact) mass is 505 g/mol. The second-order valence-electron chi connectivity index (χ2n) is 8.06. The Morgan fingerprint density at radius 1 is 1.17 bits per heavy atom. The van der Waals surface area contributed by atoms with Crippen LogP contribution in [0.2, 0.25) is 5.02 Å². The van der Waals surface area contributed by atoms with Crippen molar-refractivity contribution < 1.29 is 9.53 Å². The number of anilines is 1. The van der Waals surface area contributed by atoms with Gasteiger partial charge in [0, 0.05) is 43.3 Å². The average Bonchev–Trinajstić information content (AvgIpc) is 3.53. The summed E-state index contributed by atoms with van der Waals surface area (Å²) in [5.74, 6) is 1.64. The number of hydrogen-bond donors (Lipinski definition) is 2. The number of likely N-dealkylation sites (N-methyl/N-ethyl adjacent to an activating group) is 1. The molecule has 36 heavy (non-hydrogen) atoms. The molecular formula is C24H24ClN9O2. The molecule has 0 aliphatic carbocycles. The Hall–Kier alpha value is -4.25. The van der Waals surface area contributed by atoms with Crippen LogP contribution in [0.3, 0.4) is 0 Å². The van der Waals surface area contributed by atoms with E-state index in [0.717, 1.165) is 27.4 Å². The van der Waals surface area contributed by atoms with Gasteiger partial charge in [0.05, 0.1) is 35.8 Å². The maximum Gasteiger partial charge on any atom is 0.225 e. The first-order chi connectivity index (χ1) is 17.5. The van der Waals surface area contributed by atoms with E-state index in [9.17, 15) is 4.79 Å². The summed E-state index contributed by atoms with van der Waals surface area (Å²) in [5, 5.41) is 22.5.